The van der Waals surface area contributed by atoms with E-state index in [1.54, 1.807) is 30.3 Å². The maximum absolute atomic E-state index is 12.1. The van der Waals surface area contributed by atoms with Crippen LogP contribution in [0, 0.1) is 0 Å². The van der Waals surface area contributed by atoms with Gasteiger partial charge in [0.2, 0.25) is 0 Å². The second kappa shape index (κ2) is 15.9. The highest BCUT2D eigenvalue weighted by molar-refractivity contribution is 5.97. The van der Waals surface area contributed by atoms with Crippen LogP contribution in [-0.2, 0) is 14.3 Å². The minimum atomic E-state index is -0.469. The molecule has 2 saturated heterocycles. The van der Waals surface area contributed by atoms with Crippen LogP contribution < -0.4 is 20.6 Å². The summed E-state index contributed by atoms with van der Waals surface area (Å²) in [5.41, 5.74) is 4.48. The molecule has 40 heavy (non-hydrogen) atoms. The molecule has 0 spiro atoms. The van der Waals surface area contributed by atoms with E-state index >= 15 is 0 Å². The number of carbonyl (C=O) groups excluding carboxylic acids is 2. The largest absolute Gasteiger partial charge is 0.507 e. The molecule has 2 aliphatic heterocycles. The number of amides is 2. The fraction of sp³-hybridized carbons (Fsp3) is 0.500. The van der Waals surface area contributed by atoms with Gasteiger partial charge in [-0.15, -0.1) is 0 Å². The summed E-state index contributed by atoms with van der Waals surface area (Å²) < 4.78 is 10.6. The highest BCUT2D eigenvalue weighted by Crippen LogP contribution is 2.26. The number of nitrogens with zero attached hydrogens (tertiary/aromatic N) is 3. The van der Waals surface area contributed by atoms with Crippen LogP contribution in [-0.4, -0.2) is 114 Å². The molecule has 2 aromatic rings. The van der Waals surface area contributed by atoms with E-state index in [1.807, 2.05) is 20.2 Å². The number of nitrogens with one attached hydrogen (secondary N) is 2. The van der Waals surface area contributed by atoms with Gasteiger partial charge in [0, 0.05) is 56.2 Å². The van der Waals surface area contributed by atoms with Crippen LogP contribution in [0.4, 0.5) is 11.4 Å². The number of phenolic OH excluding ortho intramolecular Hbond substituents is 2. The number of rotatable bonds is 9. The number of hydrogen-bond donors (Lipinski definition) is 4. The number of anilines is 2. The molecule has 0 saturated carbocycles. The van der Waals surface area contributed by atoms with E-state index < -0.39 is 5.91 Å². The molecule has 0 aliphatic carbocycles. The van der Waals surface area contributed by atoms with Crippen molar-refractivity contribution in [2.24, 2.45) is 0 Å². The molecule has 2 heterocycles. The van der Waals surface area contributed by atoms with Crippen molar-refractivity contribution in [3.8, 4) is 11.5 Å². The Balaban J connectivity index is 0.000000225. The van der Waals surface area contributed by atoms with Gasteiger partial charge in [0.05, 0.1) is 44.7 Å². The predicted octanol–water partition coefficient (Wildman–Crippen LogP) is 1.43. The maximum atomic E-state index is 12.1. The Morgan fingerprint density at radius 1 is 0.850 bits per heavy atom. The minimum Gasteiger partial charge on any atom is -0.507 e. The van der Waals surface area contributed by atoms with Crippen molar-refractivity contribution in [1.82, 2.24) is 15.7 Å². The van der Waals surface area contributed by atoms with Gasteiger partial charge in [-0.05, 0) is 51.3 Å². The van der Waals surface area contributed by atoms with Crippen LogP contribution in [0.15, 0.2) is 36.4 Å². The minimum absolute atomic E-state index is 0.0223. The van der Waals surface area contributed by atoms with E-state index in [0.29, 0.717) is 38.5 Å². The molecular formula is C28H41N5O7. The monoisotopic (exact) mass is 559 g/mol. The lowest BCUT2D eigenvalue weighted by Crippen LogP contribution is -2.36. The van der Waals surface area contributed by atoms with Crippen LogP contribution in [0.25, 0.3) is 0 Å². The third kappa shape index (κ3) is 9.26. The third-order valence-electron chi connectivity index (χ3n) is 6.47. The molecule has 12 nitrogen and oxygen atoms in total. The lowest BCUT2D eigenvalue weighted by atomic mass is 10.1. The summed E-state index contributed by atoms with van der Waals surface area (Å²) in [5.74, 6) is -0.740. The van der Waals surface area contributed by atoms with Gasteiger partial charge < -0.3 is 39.7 Å². The molecule has 0 unspecified atom stereocenters. The number of benzene rings is 2. The van der Waals surface area contributed by atoms with Gasteiger partial charge >= 0.3 is 0 Å². The zero-order valence-corrected chi connectivity index (χ0v) is 23.5. The van der Waals surface area contributed by atoms with Gasteiger partial charge in [-0.1, -0.05) is 0 Å². The fourth-order valence-electron chi connectivity index (χ4n) is 4.30. The Bertz CT molecular complexity index is 1100. The van der Waals surface area contributed by atoms with Crippen LogP contribution in [0.2, 0.25) is 0 Å². The van der Waals surface area contributed by atoms with Crippen molar-refractivity contribution >= 4 is 23.2 Å². The number of phenols is 2. The molecule has 0 aromatic heterocycles. The Hall–Kier alpha value is -3.58. The normalized spacial score (nSPS) is 15.3. The second-order valence-electron chi connectivity index (χ2n) is 9.65. The number of hydroxylamine groups is 1. The van der Waals surface area contributed by atoms with E-state index in [4.69, 9.17) is 9.47 Å². The Kier molecular flexibility index (Phi) is 12.3. The molecule has 4 N–H and O–H groups in total. The quantitative estimate of drug-likeness (QED) is 0.264. The number of ether oxygens (including phenoxy) is 2. The average molecular weight is 560 g/mol. The second-order valence-corrected chi connectivity index (χ2v) is 9.65. The molecule has 0 radical (unpaired) electrons. The molecule has 2 fully saturated rings. The lowest BCUT2D eigenvalue weighted by Gasteiger charge is -2.29. The standard InChI is InChI=1S/C16H25N3O3.C12H16N2O4/c1-18(2)7-3-6-17-16(21)14-5-4-13(12-15(14)20)19-8-10-22-11-9-19;1-17-13-12(16)10-3-2-9(8-11(10)15)14-4-6-18-7-5-14/h4-5,12,20H,3,6-11H2,1-2H3,(H,17,21);2-3,8,15H,4-7H2,1H3,(H,13,16). The van der Waals surface area contributed by atoms with E-state index in [0.717, 1.165) is 50.5 Å². The topological polar surface area (TPSA) is 136 Å². The first-order chi connectivity index (χ1) is 19.3. The van der Waals surface area contributed by atoms with Crippen molar-refractivity contribution in [2.75, 3.05) is 96.7 Å². The van der Waals surface area contributed by atoms with Crippen molar-refractivity contribution in [1.29, 1.82) is 0 Å². The summed E-state index contributed by atoms with van der Waals surface area (Å²) in [5, 5.41) is 22.8. The molecule has 220 valence electrons. The van der Waals surface area contributed by atoms with Gasteiger partial charge in [-0.3, -0.25) is 14.4 Å². The van der Waals surface area contributed by atoms with Crippen LogP contribution >= 0.6 is 0 Å². The zero-order chi connectivity index (χ0) is 28.9. The van der Waals surface area contributed by atoms with E-state index in [-0.39, 0.29) is 23.0 Å². The molecule has 2 amide bonds. The number of hydrogen-bond acceptors (Lipinski definition) is 10. The first-order valence-electron chi connectivity index (χ1n) is 13.4. The van der Waals surface area contributed by atoms with Crippen molar-refractivity contribution in [3.63, 3.8) is 0 Å². The van der Waals surface area contributed by atoms with Crippen LogP contribution in [0.3, 0.4) is 0 Å². The first-order valence-corrected chi connectivity index (χ1v) is 13.4. The summed E-state index contributed by atoms with van der Waals surface area (Å²) >= 11 is 0. The summed E-state index contributed by atoms with van der Waals surface area (Å²) in [7, 11) is 5.34. The molecule has 2 aromatic carbocycles. The predicted molar refractivity (Wildman–Crippen MR) is 152 cm³/mol. The Labute approximate surface area is 235 Å². The Morgan fingerprint density at radius 2 is 1.32 bits per heavy atom. The molecule has 0 atom stereocenters. The summed E-state index contributed by atoms with van der Waals surface area (Å²) in [6.07, 6.45) is 0.880. The Morgan fingerprint density at radius 3 is 1.75 bits per heavy atom. The third-order valence-corrected chi connectivity index (χ3v) is 6.47. The van der Waals surface area contributed by atoms with Crippen LogP contribution in [0.1, 0.15) is 27.1 Å². The number of carbonyl (C=O) groups is 2. The van der Waals surface area contributed by atoms with Gasteiger partial charge in [-0.25, -0.2) is 5.48 Å². The number of morpholine rings is 2. The van der Waals surface area contributed by atoms with Crippen molar-refractivity contribution in [3.05, 3.63) is 47.5 Å². The molecule has 4 rings (SSSR count). The van der Waals surface area contributed by atoms with Crippen molar-refractivity contribution < 1.29 is 34.1 Å². The van der Waals surface area contributed by atoms with Gasteiger partial charge in [0.25, 0.3) is 11.8 Å². The van der Waals surface area contributed by atoms with Gasteiger partial charge in [0.15, 0.2) is 0 Å². The first kappa shape index (κ1) is 31.0. The van der Waals surface area contributed by atoms with Crippen LogP contribution in [0.5, 0.6) is 11.5 Å². The van der Waals surface area contributed by atoms with E-state index in [1.165, 1.54) is 7.11 Å². The molecule has 2 aliphatic rings. The van der Waals surface area contributed by atoms with Gasteiger partial charge in [0.1, 0.15) is 11.5 Å². The highest BCUT2D eigenvalue weighted by Gasteiger charge is 2.17. The number of aromatic hydroxyl groups is 2. The molecular weight excluding hydrogens is 518 g/mol. The lowest BCUT2D eigenvalue weighted by molar-refractivity contribution is 0.0535. The molecule has 12 heteroatoms. The smallest absolute Gasteiger partial charge is 0.278 e. The maximum Gasteiger partial charge on any atom is 0.278 e. The fourth-order valence-corrected chi connectivity index (χ4v) is 4.30. The summed E-state index contributed by atoms with van der Waals surface area (Å²) in [6, 6.07) is 10.2. The zero-order valence-electron chi connectivity index (χ0n) is 23.5. The summed E-state index contributed by atoms with van der Waals surface area (Å²) in [6.45, 7) is 7.41. The van der Waals surface area contributed by atoms with E-state index in [2.05, 4.69) is 30.3 Å². The van der Waals surface area contributed by atoms with Crippen molar-refractivity contribution in [2.45, 2.75) is 6.42 Å². The van der Waals surface area contributed by atoms with Gasteiger partial charge in [-0.2, -0.15) is 0 Å². The summed E-state index contributed by atoms with van der Waals surface area (Å²) in [4.78, 5) is 34.4. The van der Waals surface area contributed by atoms with E-state index in [9.17, 15) is 19.8 Å². The average Bonchev–Trinajstić information content (AvgIpc) is 2.96. The molecule has 0 bridgehead atoms. The highest BCUT2D eigenvalue weighted by atomic mass is 16.6. The SMILES string of the molecule is CN(C)CCCNC(=O)c1ccc(N2CCOCC2)cc1O.CONC(=O)c1ccc(N2CCOCC2)cc1O.